The van der Waals surface area contributed by atoms with Crippen LogP contribution in [-0.4, -0.2) is 37.6 Å². The minimum atomic E-state index is -0.449. The first-order valence-electron chi connectivity index (χ1n) is 5.85. The number of hydrogen-bond acceptors (Lipinski definition) is 2. The molecule has 0 radical (unpaired) electrons. The van der Waals surface area contributed by atoms with Crippen LogP contribution < -0.4 is 0 Å². The van der Waals surface area contributed by atoms with E-state index in [2.05, 4.69) is 0 Å². The van der Waals surface area contributed by atoms with Crippen LogP contribution in [0.15, 0.2) is 18.2 Å². The Bertz CT molecular complexity index is 453. The van der Waals surface area contributed by atoms with Crippen molar-refractivity contribution in [3.63, 3.8) is 0 Å². The van der Waals surface area contributed by atoms with Gasteiger partial charge in [-0.25, -0.2) is 4.39 Å². The van der Waals surface area contributed by atoms with Crippen molar-refractivity contribution in [3.05, 3.63) is 34.6 Å². The molecule has 1 saturated heterocycles. The van der Waals surface area contributed by atoms with Crippen molar-refractivity contribution in [2.45, 2.75) is 6.42 Å². The molecular formula is C13H15ClFNO2. The maximum Gasteiger partial charge on any atom is 0.255 e. The lowest BCUT2D eigenvalue weighted by Crippen LogP contribution is -2.29. The predicted octanol–water partition coefficient (Wildman–Crippen LogP) is 2.59. The molecule has 1 fully saturated rings. The first-order valence-corrected chi connectivity index (χ1v) is 6.23. The van der Waals surface area contributed by atoms with Crippen molar-refractivity contribution in [2.75, 3.05) is 26.8 Å². The highest BCUT2D eigenvalue weighted by atomic mass is 35.5. The number of ether oxygens (including phenoxy) is 1. The molecular weight excluding hydrogens is 257 g/mol. The highest BCUT2D eigenvalue weighted by molar-refractivity contribution is 6.33. The molecule has 0 unspecified atom stereocenters. The second-order valence-electron chi connectivity index (χ2n) is 4.49. The van der Waals surface area contributed by atoms with E-state index in [1.54, 1.807) is 12.0 Å². The van der Waals surface area contributed by atoms with E-state index in [1.807, 2.05) is 0 Å². The molecule has 0 aliphatic carbocycles. The zero-order valence-electron chi connectivity index (χ0n) is 10.2. The van der Waals surface area contributed by atoms with E-state index in [9.17, 15) is 9.18 Å². The molecule has 1 aliphatic heterocycles. The van der Waals surface area contributed by atoms with E-state index in [4.69, 9.17) is 16.3 Å². The predicted molar refractivity (Wildman–Crippen MR) is 67.3 cm³/mol. The van der Waals surface area contributed by atoms with Crippen LogP contribution in [0.25, 0.3) is 0 Å². The second-order valence-corrected chi connectivity index (χ2v) is 4.89. The number of nitrogens with zero attached hydrogens (tertiary/aromatic N) is 1. The molecule has 1 aliphatic rings. The fourth-order valence-electron chi connectivity index (χ4n) is 2.22. The molecule has 0 aromatic heterocycles. The molecule has 98 valence electrons. The molecule has 1 amide bonds. The summed E-state index contributed by atoms with van der Waals surface area (Å²) in [5, 5.41) is 0.289. The number of carbonyl (C=O) groups excluding carboxylic acids is 1. The van der Waals surface area contributed by atoms with Gasteiger partial charge in [0, 0.05) is 26.1 Å². The summed E-state index contributed by atoms with van der Waals surface area (Å²) in [6.07, 6.45) is 0.909. The standard InChI is InChI=1S/C13H15ClFNO2/c1-18-8-9-4-5-16(7-9)13(17)11-6-10(15)2-3-12(11)14/h2-3,6,9H,4-5,7-8H2,1H3/t9-/m1/s1. The van der Waals surface area contributed by atoms with Gasteiger partial charge in [-0.15, -0.1) is 0 Å². The zero-order chi connectivity index (χ0) is 13.1. The Morgan fingerprint density at radius 1 is 1.61 bits per heavy atom. The van der Waals surface area contributed by atoms with Gasteiger partial charge in [0.1, 0.15) is 5.82 Å². The Hall–Kier alpha value is -1.13. The third-order valence-electron chi connectivity index (χ3n) is 3.13. The normalized spacial score (nSPS) is 19.3. The summed E-state index contributed by atoms with van der Waals surface area (Å²) in [4.78, 5) is 13.9. The largest absolute Gasteiger partial charge is 0.384 e. The fourth-order valence-corrected chi connectivity index (χ4v) is 2.42. The van der Waals surface area contributed by atoms with Crippen molar-refractivity contribution >= 4 is 17.5 Å². The molecule has 0 saturated carbocycles. The fraction of sp³-hybridized carbons (Fsp3) is 0.462. The number of amides is 1. The molecule has 3 nitrogen and oxygen atoms in total. The first kappa shape index (κ1) is 13.3. The van der Waals surface area contributed by atoms with Gasteiger partial charge in [0.15, 0.2) is 0 Å². The first-order chi connectivity index (χ1) is 8.61. The van der Waals surface area contributed by atoms with Crippen molar-refractivity contribution in [3.8, 4) is 0 Å². The summed E-state index contributed by atoms with van der Waals surface area (Å²) in [6.45, 7) is 1.94. The third-order valence-corrected chi connectivity index (χ3v) is 3.46. The van der Waals surface area contributed by atoms with E-state index < -0.39 is 5.82 Å². The SMILES string of the molecule is COC[C@@H]1CCN(C(=O)c2cc(F)ccc2Cl)C1. The van der Waals surface area contributed by atoms with Crippen LogP contribution in [0.3, 0.4) is 0 Å². The molecule has 0 spiro atoms. The number of halogens is 2. The van der Waals surface area contributed by atoms with Gasteiger partial charge in [-0.1, -0.05) is 11.6 Å². The monoisotopic (exact) mass is 271 g/mol. The average Bonchev–Trinajstić information content (AvgIpc) is 2.80. The van der Waals surface area contributed by atoms with Gasteiger partial charge in [0.05, 0.1) is 17.2 Å². The van der Waals surface area contributed by atoms with Gasteiger partial charge < -0.3 is 9.64 Å². The van der Waals surface area contributed by atoms with Crippen LogP contribution in [0.4, 0.5) is 4.39 Å². The molecule has 1 aromatic rings. The Labute approximate surface area is 110 Å². The Balaban J connectivity index is 2.10. The van der Waals surface area contributed by atoms with Crippen molar-refractivity contribution in [2.24, 2.45) is 5.92 Å². The molecule has 5 heteroatoms. The van der Waals surface area contributed by atoms with Crippen LogP contribution in [0, 0.1) is 11.7 Å². The van der Waals surface area contributed by atoms with Crippen LogP contribution in [0.1, 0.15) is 16.8 Å². The molecule has 1 aromatic carbocycles. The minimum absolute atomic E-state index is 0.210. The minimum Gasteiger partial charge on any atom is -0.384 e. The Morgan fingerprint density at radius 3 is 3.11 bits per heavy atom. The Morgan fingerprint density at radius 2 is 2.39 bits per heavy atom. The number of methoxy groups -OCH3 is 1. The number of benzene rings is 1. The lowest BCUT2D eigenvalue weighted by molar-refractivity contribution is 0.0775. The van der Waals surface area contributed by atoms with Gasteiger partial charge in [-0.2, -0.15) is 0 Å². The van der Waals surface area contributed by atoms with Crippen molar-refractivity contribution in [1.29, 1.82) is 0 Å². The summed E-state index contributed by atoms with van der Waals surface area (Å²) in [6, 6.07) is 3.85. The highest BCUT2D eigenvalue weighted by Crippen LogP contribution is 2.23. The van der Waals surface area contributed by atoms with Crippen LogP contribution in [0.5, 0.6) is 0 Å². The molecule has 18 heavy (non-hydrogen) atoms. The highest BCUT2D eigenvalue weighted by Gasteiger charge is 2.28. The molecule has 1 atom stereocenters. The topological polar surface area (TPSA) is 29.5 Å². The van der Waals surface area contributed by atoms with Crippen LogP contribution in [0.2, 0.25) is 5.02 Å². The van der Waals surface area contributed by atoms with Gasteiger partial charge in [0.25, 0.3) is 5.91 Å². The van der Waals surface area contributed by atoms with E-state index in [1.165, 1.54) is 18.2 Å². The van der Waals surface area contributed by atoms with Crippen LogP contribution >= 0.6 is 11.6 Å². The smallest absolute Gasteiger partial charge is 0.255 e. The third kappa shape index (κ3) is 2.82. The average molecular weight is 272 g/mol. The van der Waals surface area contributed by atoms with E-state index in [-0.39, 0.29) is 16.5 Å². The number of carbonyl (C=O) groups is 1. The number of rotatable bonds is 3. The quantitative estimate of drug-likeness (QED) is 0.846. The summed E-state index contributed by atoms with van der Waals surface area (Å²) >= 11 is 5.93. The van der Waals surface area contributed by atoms with Crippen molar-refractivity contribution < 1.29 is 13.9 Å². The van der Waals surface area contributed by atoms with Gasteiger partial charge in [-0.3, -0.25) is 4.79 Å². The van der Waals surface area contributed by atoms with Gasteiger partial charge in [0.2, 0.25) is 0 Å². The van der Waals surface area contributed by atoms with E-state index in [0.717, 1.165) is 6.42 Å². The molecule has 0 N–H and O–H groups in total. The zero-order valence-corrected chi connectivity index (χ0v) is 10.9. The molecule has 2 rings (SSSR count). The van der Waals surface area contributed by atoms with E-state index >= 15 is 0 Å². The lowest BCUT2D eigenvalue weighted by Gasteiger charge is -2.17. The maximum absolute atomic E-state index is 13.1. The summed E-state index contributed by atoms with van der Waals surface area (Å²) in [5.74, 6) is -0.306. The van der Waals surface area contributed by atoms with Gasteiger partial charge >= 0.3 is 0 Å². The summed E-state index contributed by atoms with van der Waals surface area (Å²) in [7, 11) is 1.65. The van der Waals surface area contributed by atoms with Crippen LogP contribution in [-0.2, 0) is 4.74 Å². The summed E-state index contributed by atoms with van der Waals surface area (Å²) in [5.41, 5.74) is 0.231. The molecule has 1 heterocycles. The number of likely N-dealkylation sites (tertiary alicyclic amines) is 1. The molecule has 0 bridgehead atoms. The van der Waals surface area contributed by atoms with Crippen molar-refractivity contribution in [1.82, 2.24) is 4.90 Å². The lowest BCUT2D eigenvalue weighted by atomic mass is 10.1. The summed E-state index contributed by atoms with van der Waals surface area (Å²) < 4.78 is 18.2. The second kappa shape index (κ2) is 5.67. The van der Waals surface area contributed by atoms with E-state index in [0.29, 0.717) is 25.6 Å². The van der Waals surface area contributed by atoms with Gasteiger partial charge in [-0.05, 0) is 24.6 Å². The maximum atomic E-state index is 13.1. The Kier molecular flexibility index (Phi) is 4.19. The number of hydrogen-bond donors (Lipinski definition) is 0.